The first kappa shape index (κ1) is 13.1. The second-order valence-corrected chi connectivity index (χ2v) is 4.96. The maximum absolute atomic E-state index is 11.8. The summed E-state index contributed by atoms with van der Waals surface area (Å²) in [4.78, 5) is 11.8. The van der Waals surface area contributed by atoms with Crippen LogP contribution < -0.4 is 10.1 Å². The zero-order chi connectivity index (χ0) is 13.0. The third-order valence-electron chi connectivity index (χ3n) is 3.54. The molecule has 2 rings (SSSR count). The van der Waals surface area contributed by atoms with Crippen LogP contribution in [0.5, 0.6) is 5.75 Å². The summed E-state index contributed by atoms with van der Waals surface area (Å²) in [5, 5.41) is 3.22. The molecule has 1 saturated heterocycles. The quantitative estimate of drug-likeness (QED) is 0.868. The topological polar surface area (TPSA) is 38.3 Å². The number of rotatable bonds is 5. The predicted octanol–water partition coefficient (Wildman–Crippen LogP) is 2.39. The predicted molar refractivity (Wildman–Crippen MR) is 72.1 cm³/mol. The number of benzene rings is 1. The molecule has 1 fully saturated rings. The molecule has 18 heavy (non-hydrogen) atoms. The number of ketones is 1. The van der Waals surface area contributed by atoms with E-state index in [2.05, 4.69) is 19.2 Å². The summed E-state index contributed by atoms with van der Waals surface area (Å²) < 4.78 is 5.62. The average Bonchev–Trinajstić information content (AvgIpc) is 2.87. The zero-order valence-corrected chi connectivity index (χ0v) is 11.2. The van der Waals surface area contributed by atoms with Gasteiger partial charge in [0.25, 0.3) is 0 Å². The lowest BCUT2D eigenvalue weighted by atomic mass is 10.1. The van der Waals surface area contributed by atoms with Crippen LogP contribution in [0.4, 0.5) is 0 Å². The van der Waals surface area contributed by atoms with Gasteiger partial charge in [-0.05, 0) is 56.5 Å². The maximum Gasteiger partial charge on any atom is 0.153 e. The lowest BCUT2D eigenvalue weighted by Gasteiger charge is -2.10. The molecule has 0 aromatic heterocycles. The first-order valence-electron chi connectivity index (χ1n) is 6.63. The van der Waals surface area contributed by atoms with Crippen LogP contribution in [0.25, 0.3) is 0 Å². The van der Waals surface area contributed by atoms with Crippen LogP contribution in [0.15, 0.2) is 18.2 Å². The number of hydrogen-bond acceptors (Lipinski definition) is 3. The number of carbonyl (C=O) groups excluding carboxylic acids is 1. The van der Waals surface area contributed by atoms with E-state index >= 15 is 0 Å². The Morgan fingerprint density at radius 1 is 1.39 bits per heavy atom. The normalized spacial score (nSPS) is 18.9. The monoisotopic (exact) mass is 247 g/mol. The number of carbonyl (C=O) groups is 1. The van der Waals surface area contributed by atoms with Gasteiger partial charge in [0.15, 0.2) is 5.78 Å². The Morgan fingerprint density at radius 3 is 2.89 bits per heavy atom. The Balaban J connectivity index is 1.77. The first-order valence-corrected chi connectivity index (χ1v) is 6.63. The van der Waals surface area contributed by atoms with E-state index in [0.717, 1.165) is 25.1 Å². The van der Waals surface area contributed by atoms with Crippen molar-refractivity contribution in [3.63, 3.8) is 0 Å². The van der Waals surface area contributed by atoms with Crippen molar-refractivity contribution in [2.75, 3.05) is 13.2 Å². The highest BCUT2D eigenvalue weighted by molar-refractivity contribution is 5.84. The van der Waals surface area contributed by atoms with Crippen molar-refractivity contribution in [2.24, 2.45) is 0 Å². The van der Waals surface area contributed by atoms with Gasteiger partial charge in [0, 0.05) is 6.42 Å². The van der Waals surface area contributed by atoms with Gasteiger partial charge in [0.2, 0.25) is 0 Å². The first-order chi connectivity index (χ1) is 8.66. The molecule has 0 radical (unpaired) electrons. The van der Waals surface area contributed by atoms with Crippen molar-refractivity contribution in [1.29, 1.82) is 0 Å². The summed E-state index contributed by atoms with van der Waals surface area (Å²) in [6.07, 6.45) is 2.57. The molecule has 0 spiro atoms. The summed E-state index contributed by atoms with van der Waals surface area (Å²) in [5.41, 5.74) is 2.48. The molecule has 1 heterocycles. The SMILES string of the molecule is Cc1ccc(OCCC(=O)C2CCCN2)cc1C. The molecule has 1 aromatic rings. The molecule has 98 valence electrons. The van der Waals surface area contributed by atoms with Crippen LogP contribution >= 0.6 is 0 Å². The van der Waals surface area contributed by atoms with Crippen molar-refractivity contribution in [3.05, 3.63) is 29.3 Å². The van der Waals surface area contributed by atoms with Crippen LogP contribution in [0.3, 0.4) is 0 Å². The third kappa shape index (κ3) is 3.33. The second kappa shape index (κ2) is 6.01. The molecule has 3 nitrogen and oxygen atoms in total. The van der Waals surface area contributed by atoms with E-state index < -0.39 is 0 Å². The molecule has 0 bridgehead atoms. The van der Waals surface area contributed by atoms with Gasteiger partial charge in [0.05, 0.1) is 12.6 Å². The molecule has 1 N–H and O–H groups in total. The molecular weight excluding hydrogens is 226 g/mol. The molecule has 1 unspecified atom stereocenters. The van der Waals surface area contributed by atoms with Crippen LogP contribution in [0.1, 0.15) is 30.4 Å². The van der Waals surface area contributed by atoms with Crippen molar-refractivity contribution in [1.82, 2.24) is 5.32 Å². The van der Waals surface area contributed by atoms with Crippen LogP contribution in [-0.2, 0) is 4.79 Å². The minimum atomic E-state index is 0.0633. The molecule has 3 heteroatoms. The summed E-state index contributed by atoms with van der Waals surface area (Å²) in [6, 6.07) is 6.09. The van der Waals surface area contributed by atoms with Gasteiger partial charge in [-0.25, -0.2) is 0 Å². The lowest BCUT2D eigenvalue weighted by molar-refractivity contribution is -0.121. The van der Waals surface area contributed by atoms with Gasteiger partial charge >= 0.3 is 0 Å². The van der Waals surface area contributed by atoms with E-state index in [1.807, 2.05) is 18.2 Å². The van der Waals surface area contributed by atoms with Crippen molar-refractivity contribution in [2.45, 2.75) is 39.2 Å². The van der Waals surface area contributed by atoms with Gasteiger partial charge in [-0.15, -0.1) is 0 Å². The molecule has 1 atom stereocenters. The van der Waals surface area contributed by atoms with E-state index in [1.165, 1.54) is 11.1 Å². The van der Waals surface area contributed by atoms with Crippen molar-refractivity contribution < 1.29 is 9.53 Å². The standard InChI is InChI=1S/C15H21NO2/c1-11-5-6-13(10-12(11)2)18-9-7-15(17)14-4-3-8-16-14/h5-6,10,14,16H,3-4,7-9H2,1-2H3. The molecule has 0 amide bonds. The maximum atomic E-state index is 11.8. The number of ether oxygens (including phenoxy) is 1. The molecule has 1 aromatic carbocycles. The van der Waals surface area contributed by atoms with Crippen LogP contribution in [0.2, 0.25) is 0 Å². The van der Waals surface area contributed by atoms with Crippen molar-refractivity contribution in [3.8, 4) is 5.75 Å². The Labute approximate surface area is 109 Å². The third-order valence-corrected chi connectivity index (χ3v) is 3.54. The summed E-state index contributed by atoms with van der Waals surface area (Å²) in [6.45, 7) is 5.58. The summed E-state index contributed by atoms with van der Waals surface area (Å²) in [7, 11) is 0. The fourth-order valence-corrected chi connectivity index (χ4v) is 2.21. The zero-order valence-electron chi connectivity index (χ0n) is 11.2. The van der Waals surface area contributed by atoms with Gasteiger partial charge in [-0.3, -0.25) is 4.79 Å². The summed E-state index contributed by atoms with van der Waals surface area (Å²) >= 11 is 0. The molecule has 1 aliphatic rings. The van der Waals surface area contributed by atoms with Gasteiger partial charge in [-0.1, -0.05) is 6.07 Å². The van der Waals surface area contributed by atoms with Gasteiger partial charge in [-0.2, -0.15) is 0 Å². The number of aryl methyl sites for hydroxylation is 2. The highest BCUT2D eigenvalue weighted by Gasteiger charge is 2.21. The Morgan fingerprint density at radius 2 is 2.22 bits per heavy atom. The van der Waals surface area contributed by atoms with E-state index in [9.17, 15) is 4.79 Å². The van der Waals surface area contributed by atoms with E-state index in [-0.39, 0.29) is 11.8 Å². The average molecular weight is 247 g/mol. The van der Waals surface area contributed by atoms with E-state index in [1.54, 1.807) is 0 Å². The minimum Gasteiger partial charge on any atom is -0.493 e. The van der Waals surface area contributed by atoms with Crippen LogP contribution in [0, 0.1) is 13.8 Å². The smallest absolute Gasteiger partial charge is 0.153 e. The lowest BCUT2D eigenvalue weighted by Crippen LogP contribution is -2.31. The number of nitrogens with one attached hydrogen (secondary N) is 1. The van der Waals surface area contributed by atoms with Gasteiger partial charge < -0.3 is 10.1 Å². The highest BCUT2D eigenvalue weighted by atomic mass is 16.5. The van der Waals surface area contributed by atoms with Crippen LogP contribution in [-0.4, -0.2) is 25.0 Å². The molecule has 0 saturated carbocycles. The van der Waals surface area contributed by atoms with Crippen molar-refractivity contribution >= 4 is 5.78 Å². The van der Waals surface area contributed by atoms with Gasteiger partial charge in [0.1, 0.15) is 5.75 Å². The minimum absolute atomic E-state index is 0.0633. The Kier molecular flexibility index (Phi) is 4.37. The number of Topliss-reactive ketones (excluding diaryl/α,β-unsaturated/α-hetero) is 1. The fraction of sp³-hybridized carbons (Fsp3) is 0.533. The number of hydrogen-bond donors (Lipinski definition) is 1. The molecule has 1 aliphatic heterocycles. The largest absolute Gasteiger partial charge is 0.493 e. The Bertz CT molecular complexity index is 423. The van der Waals surface area contributed by atoms with E-state index in [4.69, 9.17) is 4.74 Å². The summed E-state index contributed by atoms with van der Waals surface area (Å²) in [5.74, 6) is 1.13. The fourth-order valence-electron chi connectivity index (χ4n) is 2.21. The highest BCUT2D eigenvalue weighted by Crippen LogP contribution is 2.17. The molecule has 0 aliphatic carbocycles. The van der Waals surface area contributed by atoms with E-state index in [0.29, 0.717) is 13.0 Å². The Hall–Kier alpha value is -1.35. The molecular formula is C15H21NO2. The second-order valence-electron chi connectivity index (χ2n) is 4.96.